The van der Waals surface area contributed by atoms with E-state index < -0.39 is 24.0 Å². The Labute approximate surface area is 144 Å². The van der Waals surface area contributed by atoms with Gasteiger partial charge in [-0.25, -0.2) is 9.18 Å². The summed E-state index contributed by atoms with van der Waals surface area (Å²) in [5.74, 6) is -2.53. The van der Waals surface area contributed by atoms with Crippen LogP contribution in [0.3, 0.4) is 0 Å². The van der Waals surface area contributed by atoms with E-state index in [1.54, 1.807) is 12.1 Å². The van der Waals surface area contributed by atoms with Crippen LogP contribution in [0, 0.1) is 5.82 Å². The van der Waals surface area contributed by atoms with Gasteiger partial charge in [0.2, 0.25) is 0 Å². The van der Waals surface area contributed by atoms with Gasteiger partial charge in [-0.3, -0.25) is 4.79 Å². The number of rotatable bonds is 12. The predicted octanol–water partition coefficient (Wildman–Crippen LogP) is 2.95. The van der Waals surface area contributed by atoms with E-state index >= 15 is 0 Å². The molecule has 1 aromatic carbocycles. The number of halogens is 1. The summed E-state index contributed by atoms with van der Waals surface area (Å²) in [6.45, 7) is 0. The molecule has 0 spiro atoms. The smallest absolute Gasteiger partial charge is 0.337 e. The molecule has 0 aromatic heterocycles. The first kappa shape index (κ1) is 20.4. The molecule has 1 atom stereocenters. The van der Waals surface area contributed by atoms with Crippen LogP contribution in [0.5, 0.6) is 0 Å². The number of carboxylic acid groups (broad SMARTS) is 2. The van der Waals surface area contributed by atoms with Crippen molar-refractivity contribution in [1.29, 1.82) is 0 Å². The average molecular weight is 358 g/mol. The van der Waals surface area contributed by atoms with E-state index in [1.165, 1.54) is 23.9 Å². The van der Waals surface area contributed by atoms with Crippen molar-refractivity contribution in [2.75, 3.05) is 11.5 Å². The molecule has 0 fully saturated rings. The second kappa shape index (κ2) is 10.3. The molecule has 0 saturated heterocycles. The summed E-state index contributed by atoms with van der Waals surface area (Å²) < 4.78 is 12.8. The normalized spacial score (nSPS) is 13.4. The molecular weight excluding hydrogens is 335 g/mol. The SMILES string of the molecule is O=C(O)CC(O)(CSCCCCCCc1ccc(F)cc1)C(=O)O. The molecule has 7 heteroatoms. The molecule has 0 radical (unpaired) electrons. The molecule has 134 valence electrons. The molecule has 0 aliphatic heterocycles. The highest BCUT2D eigenvalue weighted by atomic mass is 32.2. The molecule has 5 nitrogen and oxygen atoms in total. The van der Waals surface area contributed by atoms with Crippen LogP contribution in [0.4, 0.5) is 4.39 Å². The van der Waals surface area contributed by atoms with Gasteiger partial charge in [0, 0.05) is 5.75 Å². The van der Waals surface area contributed by atoms with Gasteiger partial charge in [-0.1, -0.05) is 25.0 Å². The van der Waals surface area contributed by atoms with Gasteiger partial charge in [0.1, 0.15) is 5.82 Å². The fourth-order valence-electron chi connectivity index (χ4n) is 2.22. The number of benzene rings is 1. The van der Waals surface area contributed by atoms with Gasteiger partial charge in [-0.2, -0.15) is 11.8 Å². The lowest BCUT2D eigenvalue weighted by molar-refractivity contribution is -0.162. The van der Waals surface area contributed by atoms with E-state index in [0.717, 1.165) is 37.7 Å². The van der Waals surface area contributed by atoms with E-state index in [0.29, 0.717) is 5.75 Å². The van der Waals surface area contributed by atoms with Crippen molar-refractivity contribution in [2.24, 2.45) is 0 Å². The number of unbranched alkanes of at least 4 members (excludes halogenated alkanes) is 3. The summed E-state index contributed by atoms with van der Waals surface area (Å²) >= 11 is 1.25. The lowest BCUT2D eigenvalue weighted by Gasteiger charge is -2.20. The second-order valence-corrected chi connectivity index (χ2v) is 6.86. The Morgan fingerprint density at radius 2 is 1.67 bits per heavy atom. The molecular formula is C17H23FO5S. The van der Waals surface area contributed by atoms with Crippen LogP contribution in [-0.4, -0.2) is 44.4 Å². The zero-order valence-electron chi connectivity index (χ0n) is 13.4. The maximum atomic E-state index is 12.8. The molecule has 0 heterocycles. The minimum absolute atomic E-state index is 0.135. The predicted molar refractivity (Wildman–Crippen MR) is 90.7 cm³/mol. The average Bonchev–Trinajstić information content (AvgIpc) is 2.51. The third kappa shape index (κ3) is 7.79. The maximum Gasteiger partial charge on any atom is 0.337 e. The lowest BCUT2D eigenvalue weighted by atomic mass is 10.0. The third-order valence-corrected chi connectivity index (χ3v) is 4.86. The van der Waals surface area contributed by atoms with Gasteiger partial charge in [-0.15, -0.1) is 0 Å². The number of carbonyl (C=O) groups is 2. The first-order chi connectivity index (χ1) is 11.3. The number of thioether (sulfide) groups is 1. The highest BCUT2D eigenvalue weighted by Crippen LogP contribution is 2.20. The topological polar surface area (TPSA) is 94.8 Å². The standard InChI is InChI=1S/C17H23FO5S/c18-14-8-6-13(7-9-14)5-3-1-2-4-10-24-12-17(23,16(21)22)11-15(19)20/h6-9,23H,1-5,10-12H2,(H,19,20)(H,21,22). The Bertz CT molecular complexity index is 534. The third-order valence-electron chi connectivity index (χ3n) is 3.60. The summed E-state index contributed by atoms with van der Waals surface area (Å²) in [6.07, 6.45) is 3.94. The molecule has 1 aromatic rings. The fourth-order valence-corrected chi connectivity index (χ4v) is 3.33. The maximum absolute atomic E-state index is 12.8. The van der Waals surface area contributed by atoms with Crippen molar-refractivity contribution in [3.63, 3.8) is 0 Å². The Morgan fingerprint density at radius 1 is 1.04 bits per heavy atom. The Morgan fingerprint density at radius 3 is 2.25 bits per heavy atom. The van der Waals surface area contributed by atoms with Gasteiger partial charge in [-0.05, 0) is 42.7 Å². The van der Waals surface area contributed by atoms with Crippen molar-refractivity contribution in [2.45, 2.75) is 44.1 Å². The van der Waals surface area contributed by atoms with E-state index in [1.807, 2.05) is 0 Å². The second-order valence-electron chi connectivity index (χ2n) is 5.75. The van der Waals surface area contributed by atoms with Gasteiger partial charge < -0.3 is 15.3 Å². The van der Waals surface area contributed by atoms with Gasteiger partial charge in [0.15, 0.2) is 5.60 Å². The molecule has 0 amide bonds. The molecule has 0 bridgehead atoms. The van der Waals surface area contributed by atoms with Crippen molar-refractivity contribution in [1.82, 2.24) is 0 Å². The first-order valence-corrected chi connectivity index (χ1v) is 8.99. The van der Waals surface area contributed by atoms with Crippen LogP contribution in [0.15, 0.2) is 24.3 Å². The van der Waals surface area contributed by atoms with E-state index in [9.17, 15) is 19.1 Å². The highest BCUT2D eigenvalue weighted by molar-refractivity contribution is 7.99. The zero-order chi connectivity index (χ0) is 18.0. The summed E-state index contributed by atoms with van der Waals surface area (Å²) in [7, 11) is 0. The largest absolute Gasteiger partial charge is 0.481 e. The Kier molecular flexibility index (Phi) is 8.78. The monoisotopic (exact) mass is 358 g/mol. The molecule has 1 unspecified atom stereocenters. The van der Waals surface area contributed by atoms with Crippen molar-refractivity contribution >= 4 is 23.7 Å². The fraction of sp³-hybridized carbons (Fsp3) is 0.529. The summed E-state index contributed by atoms with van der Waals surface area (Å²) in [6, 6.07) is 6.46. The summed E-state index contributed by atoms with van der Waals surface area (Å²) in [5.41, 5.74) is -1.11. The van der Waals surface area contributed by atoms with Crippen LogP contribution in [-0.2, 0) is 16.0 Å². The summed E-state index contributed by atoms with van der Waals surface area (Å²) in [4.78, 5) is 21.6. The highest BCUT2D eigenvalue weighted by Gasteiger charge is 2.38. The number of aliphatic carboxylic acids is 2. The van der Waals surface area contributed by atoms with Crippen molar-refractivity contribution < 1.29 is 29.3 Å². The summed E-state index contributed by atoms with van der Waals surface area (Å²) in [5, 5.41) is 27.4. The molecule has 1 rings (SSSR count). The number of hydrogen-bond acceptors (Lipinski definition) is 4. The lowest BCUT2D eigenvalue weighted by Crippen LogP contribution is -2.43. The molecule has 3 N–H and O–H groups in total. The minimum atomic E-state index is -2.21. The number of aryl methyl sites for hydroxylation is 1. The zero-order valence-corrected chi connectivity index (χ0v) is 14.2. The van der Waals surface area contributed by atoms with Crippen LogP contribution < -0.4 is 0 Å². The number of hydrogen-bond donors (Lipinski definition) is 3. The van der Waals surface area contributed by atoms with E-state index in [4.69, 9.17) is 10.2 Å². The molecule has 24 heavy (non-hydrogen) atoms. The Hall–Kier alpha value is -1.60. The number of carboxylic acids is 2. The van der Waals surface area contributed by atoms with Gasteiger partial charge in [0.05, 0.1) is 6.42 Å². The van der Waals surface area contributed by atoms with Crippen LogP contribution >= 0.6 is 11.8 Å². The van der Waals surface area contributed by atoms with Gasteiger partial charge >= 0.3 is 11.9 Å². The van der Waals surface area contributed by atoms with Crippen LogP contribution in [0.25, 0.3) is 0 Å². The van der Waals surface area contributed by atoms with Crippen molar-refractivity contribution in [3.8, 4) is 0 Å². The minimum Gasteiger partial charge on any atom is -0.481 e. The van der Waals surface area contributed by atoms with E-state index in [2.05, 4.69) is 0 Å². The van der Waals surface area contributed by atoms with Crippen LogP contribution in [0.2, 0.25) is 0 Å². The quantitative estimate of drug-likeness (QED) is 0.497. The van der Waals surface area contributed by atoms with E-state index in [-0.39, 0.29) is 11.6 Å². The first-order valence-electron chi connectivity index (χ1n) is 7.83. The molecule has 0 saturated carbocycles. The van der Waals surface area contributed by atoms with Crippen LogP contribution in [0.1, 0.15) is 37.7 Å². The molecule has 0 aliphatic carbocycles. The molecule has 0 aliphatic rings. The van der Waals surface area contributed by atoms with Gasteiger partial charge in [0.25, 0.3) is 0 Å². The number of aliphatic hydroxyl groups is 1. The van der Waals surface area contributed by atoms with Crippen molar-refractivity contribution in [3.05, 3.63) is 35.6 Å². The Balaban J connectivity index is 2.12.